The molecule has 16 heavy (non-hydrogen) atoms. The van der Waals surface area contributed by atoms with Crippen LogP contribution in [0.2, 0.25) is 5.02 Å². The molecule has 1 amide bonds. The van der Waals surface area contributed by atoms with Crippen LogP contribution in [0.4, 0.5) is 5.69 Å². The fraction of sp³-hybridized carbons (Fsp3) is 0.364. The molecule has 0 heterocycles. The van der Waals surface area contributed by atoms with Crippen LogP contribution in [0.15, 0.2) is 18.2 Å². The van der Waals surface area contributed by atoms with Crippen LogP contribution < -0.4 is 16.8 Å². The van der Waals surface area contributed by atoms with Crippen LogP contribution in [-0.2, 0) is 0 Å². The van der Waals surface area contributed by atoms with Gasteiger partial charge in [-0.05, 0) is 32.0 Å². The standard InChI is InChI=1S/C11H16ClN3O/c1-11(2,14)6-15-9-4-3-7(12)5-8(9)10(13)16/h3-5,15H,6,14H2,1-2H3,(H2,13,16). The zero-order valence-electron chi connectivity index (χ0n) is 9.38. The molecule has 1 aromatic carbocycles. The normalized spacial score (nSPS) is 11.2. The van der Waals surface area contributed by atoms with Gasteiger partial charge in [-0.25, -0.2) is 0 Å². The lowest BCUT2D eigenvalue weighted by Crippen LogP contribution is -2.39. The van der Waals surface area contributed by atoms with Gasteiger partial charge in [0.15, 0.2) is 0 Å². The van der Waals surface area contributed by atoms with Gasteiger partial charge in [0, 0.05) is 22.8 Å². The van der Waals surface area contributed by atoms with Crippen molar-refractivity contribution in [1.82, 2.24) is 0 Å². The minimum absolute atomic E-state index is 0.367. The Balaban J connectivity index is 2.91. The number of carbonyl (C=O) groups is 1. The molecule has 0 aliphatic rings. The summed E-state index contributed by atoms with van der Waals surface area (Å²) < 4.78 is 0. The van der Waals surface area contributed by atoms with Gasteiger partial charge in [-0.1, -0.05) is 11.6 Å². The molecule has 0 spiro atoms. The number of amides is 1. The number of primary amides is 1. The predicted molar refractivity (Wildman–Crippen MR) is 66.7 cm³/mol. The summed E-state index contributed by atoms with van der Waals surface area (Å²) in [4.78, 5) is 11.2. The van der Waals surface area contributed by atoms with Crippen LogP contribution in [0, 0.1) is 0 Å². The van der Waals surface area contributed by atoms with E-state index in [1.54, 1.807) is 12.1 Å². The zero-order valence-corrected chi connectivity index (χ0v) is 10.1. The smallest absolute Gasteiger partial charge is 0.250 e. The van der Waals surface area contributed by atoms with E-state index >= 15 is 0 Å². The summed E-state index contributed by atoms with van der Waals surface area (Å²) in [7, 11) is 0. The molecule has 5 heteroatoms. The molecule has 0 fully saturated rings. The van der Waals surface area contributed by atoms with E-state index in [1.165, 1.54) is 6.07 Å². The van der Waals surface area contributed by atoms with Crippen LogP contribution in [0.5, 0.6) is 0 Å². The van der Waals surface area contributed by atoms with Crippen molar-refractivity contribution in [3.05, 3.63) is 28.8 Å². The zero-order chi connectivity index (χ0) is 12.3. The first kappa shape index (κ1) is 12.8. The lowest BCUT2D eigenvalue weighted by atomic mass is 10.1. The third kappa shape index (κ3) is 3.72. The second-order valence-corrected chi connectivity index (χ2v) is 4.83. The highest BCUT2D eigenvalue weighted by molar-refractivity contribution is 6.31. The largest absolute Gasteiger partial charge is 0.383 e. The maximum absolute atomic E-state index is 11.2. The minimum Gasteiger partial charge on any atom is -0.383 e. The summed E-state index contributed by atoms with van der Waals surface area (Å²) in [5.74, 6) is -0.514. The van der Waals surface area contributed by atoms with Gasteiger partial charge in [0.1, 0.15) is 0 Å². The van der Waals surface area contributed by atoms with Crippen LogP contribution >= 0.6 is 11.6 Å². The molecule has 0 aliphatic carbocycles. The number of rotatable bonds is 4. The molecule has 1 rings (SSSR count). The Morgan fingerprint density at radius 3 is 2.62 bits per heavy atom. The van der Waals surface area contributed by atoms with Crippen LogP contribution in [0.1, 0.15) is 24.2 Å². The quantitative estimate of drug-likeness (QED) is 0.749. The monoisotopic (exact) mass is 241 g/mol. The Hall–Kier alpha value is -1.26. The summed E-state index contributed by atoms with van der Waals surface area (Å²) in [5.41, 5.74) is 11.7. The highest BCUT2D eigenvalue weighted by Gasteiger charge is 2.13. The van der Waals surface area contributed by atoms with E-state index in [0.717, 1.165) is 0 Å². The second-order valence-electron chi connectivity index (χ2n) is 4.40. The molecule has 4 nitrogen and oxygen atoms in total. The van der Waals surface area contributed by atoms with Crippen LogP contribution in [-0.4, -0.2) is 18.0 Å². The number of hydrogen-bond donors (Lipinski definition) is 3. The minimum atomic E-state index is -0.514. The van der Waals surface area contributed by atoms with Crippen molar-refractivity contribution < 1.29 is 4.79 Å². The first-order valence-electron chi connectivity index (χ1n) is 4.92. The van der Waals surface area contributed by atoms with Gasteiger partial charge in [0.05, 0.1) is 5.56 Å². The van der Waals surface area contributed by atoms with Crippen molar-refractivity contribution in [3.8, 4) is 0 Å². The van der Waals surface area contributed by atoms with Crippen molar-refractivity contribution in [2.75, 3.05) is 11.9 Å². The summed E-state index contributed by atoms with van der Waals surface area (Å²) >= 11 is 5.79. The maximum Gasteiger partial charge on any atom is 0.250 e. The van der Waals surface area contributed by atoms with Crippen molar-refractivity contribution in [2.24, 2.45) is 11.5 Å². The molecule has 5 N–H and O–H groups in total. The van der Waals surface area contributed by atoms with E-state index < -0.39 is 5.91 Å². The highest BCUT2D eigenvalue weighted by Crippen LogP contribution is 2.20. The lowest BCUT2D eigenvalue weighted by molar-refractivity contribution is 0.100. The average molecular weight is 242 g/mol. The van der Waals surface area contributed by atoms with E-state index in [-0.39, 0.29) is 5.54 Å². The van der Waals surface area contributed by atoms with E-state index in [2.05, 4.69) is 5.32 Å². The number of nitrogens with two attached hydrogens (primary N) is 2. The number of halogens is 1. The number of anilines is 1. The molecule has 0 radical (unpaired) electrons. The summed E-state index contributed by atoms with van der Waals surface area (Å²) in [6.07, 6.45) is 0. The van der Waals surface area contributed by atoms with E-state index in [4.69, 9.17) is 23.1 Å². The molecule has 0 unspecified atom stereocenters. The topological polar surface area (TPSA) is 81.1 Å². The number of nitrogens with one attached hydrogen (secondary N) is 1. The third-order valence-corrected chi connectivity index (χ3v) is 2.22. The molecular weight excluding hydrogens is 226 g/mol. The Kier molecular flexibility index (Phi) is 3.78. The van der Waals surface area contributed by atoms with Crippen LogP contribution in [0.3, 0.4) is 0 Å². The molecule has 88 valence electrons. The predicted octanol–water partition coefficient (Wildman–Crippen LogP) is 1.59. The Bertz CT molecular complexity index is 399. The SMILES string of the molecule is CC(C)(N)CNc1ccc(Cl)cc1C(N)=O. The number of benzene rings is 1. The molecule has 0 atom stereocenters. The van der Waals surface area contributed by atoms with Gasteiger partial charge < -0.3 is 16.8 Å². The molecule has 0 aromatic heterocycles. The average Bonchev–Trinajstić information content (AvgIpc) is 2.14. The van der Waals surface area contributed by atoms with Gasteiger partial charge in [0.25, 0.3) is 5.91 Å². The molecular formula is C11H16ClN3O. The Morgan fingerprint density at radius 2 is 2.12 bits per heavy atom. The second kappa shape index (κ2) is 4.72. The van der Waals surface area contributed by atoms with Crippen LogP contribution in [0.25, 0.3) is 0 Å². The first-order valence-corrected chi connectivity index (χ1v) is 5.29. The molecule has 0 saturated carbocycles. The first-order chi connectivity index (χ1) is 7.29. The van der Waals surface area contributed by atoms with Gasteiger partial charge in [-0.15, -0.1) is 0 Å². The van der Waals surface area contributed by atoms with E-state index in [9.17, 15) is 4.79 Å². The van der Waals surface area contributed by atoms with E-state index in [0.29, 0.717) is 22.8 Å². The lowest BCUT2D eigenvalue weighted by Gasteiger charge is -2.20. The molecule has 0 saturated heterocycles. The highest BCUT2D eigenvalue weighted by atomic mass is 35.5. The van der Waals surface area contributed by atoms with Gasteiger partial charge >= 0.3 is 0 Å². The number of hydrogen-bond acceptors (Lipinski definition) is 3. The maximum atomic E-state index is 11.2. The molecule has 1 aromatic rings. The summed E-state index contributed by atoms with van der Waals surface area (Å²) in [5, 5.41) is 3.56. The Morgan fingerprint density at radius 1 is 1.50 bits per heavy atom. The van der Waals surface area contributed by atoms with Gasteiger partial charge in [-0.2, -0.15) is 0 Å². The van der Waals surface area contributed by atoms with Crippen molar-refractivity contribution in [1.29, 1.82) is 0 Å². The van der Waals surface area contributed by atoms with Gasteiger partial charge in [0.2, 0.25) is 0 Å². The summed E-state index contributed by atoms with van der Waals surface area (Å²) in [6, 6.07) is 4.95. The molecule has 0 bridgehead atoms. The fourth-order valence-electron chi connectivity index (χ4n) is 1.20. The van der Waals surface area contributed by atoms with Crippen molar-refractivity contribution in [2.45, 2.75) is 19.4 Å². The number of carbonyl (C=O) groups excluding carboxylic acids is 1. The fourth-order valence-corrected chi connectivity index (χ4v) is 1.37. The molecule has 0 aliphatic heterocycles. The van der Waals surface area contributed by atoms with Crippen molar-refractivity contribution in [3.63, 3.8) is 0 Å². The van der Waals surface area contributed by atoms with E-state index in [1.807, 2.05) is 13.8 Å². The third-order valence-electron chi connectivity index (χ3n) is 1.98. The summed E-state index contributed by atoms with van der Waals surface area (Å²) in [6.45, 7) is 4.31. The Labute approximate surface area is 100.0 Å². The van der Waals surface area contributed by atoms with Crippen molar-refractivity contribution >= 4 is 23.2 Å². The van der Waals surface area contributed by atoms with Gasteiger partial charge in [-0.3, -0.25) is 4.79 Å².